The first-order valence-electron chi connectivity index (χ1n) is 4.18. The van der Waals surface area contributed by atoms with Crippen LogP contribution in [0.4, 0.5) is 0 Å². The predicted octanol–water partition coefficient (Wildman–Crippen LogP) is -1.44. The molecule has 0 saturated carbocycles. The van der Waals surface area contributed by atoms with Crippen molar-refractivity contribution in [3.63, 3.8) is 0 Å². The van der Waals surface area contributed by atoms with Crippen LogP contribution in [-0.2, 0) is 0 Å². The largest absolute Gasteiger partial charge is 0.389 e. The third-order valence-electron chi connectivity index (χ3n) is 2.40. The SMILES string of the molecule is C[C@@H]1N[C@@H](c2cn[nH]n2)[C@H](O)[C@@H]1O. The molecular formula is C7H12N4O2. The molecule has 1 fully saturated rings. The molecule has 0 unspecified atom stereocenters. The molecule has 0 aromatic carbocycles. The molecule has 0 bridgehead atoms. The van der Waals surface area contributed by atoms with Gasteiger partial charge in [-0.1, -0.05) is 0 Å². The number of aliphatic hydroxyl groups excluding tert-OH is 2. The minimum Gasteiger partial charge on any atom is -0.389 e. The molecule has 6 nitrogen and oxygen atoms in total. The van der Waals surface area contributed by atoms with E-state index < -0.39 is 12.2 Å². The summed E-state index contributed by atoms with van der Waals surface area (Å²) < 4.78 is 0. The van der Waals surface area contributed by atoms with Gasteiger partial charge >= 0.3 is 0 Å². The summed E-state index contributed by atoms with van der Waals surface area (Å²) in [5.74, 6) is 0. The number of aromatic nitrogens is 3. The average molecular weight is 184 g/mol. The van der Waals surface area contributed by atoms with E-state index >= 15 is 0 Å². The van der Waals surface area contributed by atoms with Gasteiger partial charge in [-0.05, 0) is 6.92 Å². The van der Waals surface area contributed by atoms with Crippen LogP contribution in [0.1, 0.15) is 18.7 Å². The first kappa shape index (κ1) is 8.61. The highest BCUT2D eigenvalue weighted by Gasteiger charge is 2.40. The summed E-state index contributed by atoms with van der Waals surface area (Å²) in [4.78, 5) is 0. The number of aromatic amines is 1. The second-order valence-electron chi connectivity index (χ2n) is 3.31. The lowest BCUT2D eigenvalue weighted by atomic mass is 10.1. The minimum atomic E-state index is -0.819. The predicted molar refractivity (Wildman–Crippen MR) is 43.7 cm³/mol. The Morgan fingerprint density at radius 3 is 2.62 bits per heavy atom. The highest BCUT2D eigenvalue weighted by atomic mass is 16.3. The van der Waals surface area contributed by atoms with Crippen molar-refractivity contribution in [2.45, 2.75) is 31.2 Å². The molecule has 6 heteroatoms. The first-order valence-corrected chi connectivity index (χ1v) is 4.18. The van der Waals surface area contributed by atoms with E-state index in [0.29, 0.717) is 5.69 Å². The van der Waals surface area contributed by atoms with Crippen LogP contribution in [0.15, 0.2) is 6.20 Å². The summed E-state index contributed by atoms with van der Waals surface area (Å²) in [7, 11) is 0. The summed E-state index contributed by atoms with van der Waals surface area (Å²) in [6.07, 6.45) is -0.0344. The van der Waals surface area contributed by atoms with E-state index in [-0.39, 0.29) is 12.1 Å². The van der Waals surface area contributed by atoms with Crippen LogP contribution in [0.5, 0.6) is 0 Å². The topological polar surface area (TPSA) is 94.1 Å². The Morgan fingerprint density at radius 2 is 2.15 bits per heavy atom. The highest BCUT2D eigenvalue weighted by Crippen LogP contribution is 2.25. The number of nitrogens with one attached hydrogen (secondary N) is 2. The lowest BCUT2D eigenvalue weighted by Gasteiger charge is -2.12. The summed E-state index contributed by atoms with van der Waals surface area (Å²) in [6.45, 7) is 1.81. The molecule has 0 radical (unpaired) electrons. The fourth-order valence-corrected chi connectivity index (χ4v) is 1.59. The van der Waals surface area contributed by atoms with E-state index in [9.17, 15) is 10.2 Å². The van der Waals surface area contributed by atoms with Gasteiger partial charge in [-0.15, -0.1) is 0 Å². The molecule has 4 N–H and O–H groups in total. The molecular weight excluding hydrogens is 172 g/mol. The Kier molecular flexibility index (Phi) is 2.03. The van der Waals surface area contributed by atoms with Gasteiger partial charge in [0.15, 0.2) is 0 Å². The van der Waals surface area contributed by atoms with E-state index in [2.05, 4.69) is 20.7 Å². The van der Waals surface area contributed by atoms with E-state index in [1.807, 2.05) is 6.92 Å². The number of H-pyrrole nitrogens is 1. The molecule has 1 aromatic heterocycles. The van der Waals surface area contributed by atoms with Crippen molar-refractivity contribution in [1.29, 1.82) is 0 Å². The van der Waals surface area contributed by atoms with E-state index in [0.717, 1.165) is 0 Å². The monoisotopic (exact) mass is 184 g/mol. The Hall–Kier alpha value is -0.980. The summed E-state index contributed by atoms with van der Waals surface area (Å²) >= 11 is 0. The molecule has 1 aromatic rings. The quantitative estimate of drug-likeness (QED) is 0.429. The van der Waals surface area contributed by atoms with Gasteiger partial charge in [0.2, 0.25) is 0 Å². The van der Waals surface area contributed by atoms with E-state index in [4.69, 9.17) is 0 Å². The highest BCUT2D eigenvalue weighted by molar-refractivity contribution is 5.09. The molecule has 2 heterocycles. The van der Waals surface area contributed by atoms with Gasteiger partial charge < -0.3 is 15.5 Å². The summed E-state index contributed by atoms with van der Waals surface area (Å²) in [5.41, 5.74) is 0.621. The van der Waals surface area contributed by atoms with Crippen LogP contribution in [0.25, 0.3) is 0 Å². The molecule has 0 spiro atoms. The Morgan fingerprint density at radius 1 is 1.38 bits per heavy atom. The van der Waals surface area contributed by atoms with Crippen molar-refractivity contribution >= 4 is 0 Å². The van der Waals surface area contributed by atoms with Gasteiger partial charge in [0.25, 0.3) is 0 Å². The second-order valence-corrected chi connectivity index (χ2v) is 3.31. The second kappa shape index (κ2) is 3.06. The van der Waals surface area contributed by atoms with Gasteiger partial charge in [-0.25, -0.2) is 0 Å². The fourth-order valence-electron chi connectivity index (χ4n) is 1.59. The zero-order valence-electron chi connectivity index (χ0n) is 7.18. The Balaban J connectivity index is 2.19. The van der Waals surface area contributed by atoms with Gasteiger partial charge in [-0.3, -0.25) is 0 Å². The normalized spacial score (nSPS) is 39.6. The molecule has 1 aliphatic heterocycles. The molecule has 0 aliphatic carbocycles. The lowest BCUT2D eigenvalue weighted by Crippen LogP contribution is -2.29. The molecule has 0 amide bonds. The van der Waals surface area contributed by atoms with Crippen molar-refractivity contribution in [2.75, 3.05) is 0 Å². The molecule has 4 atom stereocenters. The average Bonchev–Trinajstić information content (AvgIpc) is 2.70. The van der Waals surface area contributed by atoms with Crippen LogP contribution in [0.2, 0.25) is 0 Å². The van der Waals surface area contributed by atoms with Crippen molar-refractivity contribution in [3.05, 3.63) is 11.9 Å². The zero-order chi connectivity index (χ0) is 9.42. The first-order chi connectivity index (χ1) is 6.20. The van der Waals surface area contributed by atoms with Gasteiger partial charge in [0.1, 0.15) is 11.8 Å². The van der Waals surface area contributed by atoms with Crippen molar-refractivity contribution in [2.24, 2.45) is 0 Å². The third kappa shape index (κ3) is 1.32. The van der Waals surface area contributed by atoms with Crippen LogP contribution >= 0.6 is 0 Å². The third-order valence-corrected chi connectivity index (χ3v) is 2.40. The van der Waals surface area contributed by atoms with Crippen LogP contribution in [0.3, 0.4) is 0 Å². The lowest BCUT2D eigenvalue weighted by molar-refractivity contribution is 0.0295. The summed E-state index contributed by atoms with van der Waals surface area (Å²) in [5, 5.41) is 32.1. The molecule has 72 valence electrons. The number of hydrogen-bond donors (Lipinski definition) is 4. The number of aliphatic hydroxyl groups is 2. The summed E-state index contributed by atoms with van der Waals surface area (Å²) in [6, 6.07) is -0.458. The van der Waals surface area contributed by atoms with Crippen LogP contribution in [-0.4, -0.2) is 43.9 Å². The van der Waals surface area contributed by atoms with Crippen LogP contribution in [0, 0.1) is 0 Å². The smallest absolute Gasteiger partial charge is 0.102 e. The Labute approximate surface area is 75.0 Å². The van der Waals surface area contributed by atoms with E-state index in [1.165, 1.54) is 6.20 Å². The van der Waals surface area contributed by atoms with Gasteiger partial charge in [0.05, 0.1) is 18.3 Å². The fraction of sp³-hybridized carbons (Fsp3) is 0.714. The standard InChI is InChI=1S/C7H12N4O2/c1-3-6(12)7(13)5(9-3)4-2-8-11-10-4/h2-3,5-7,9,12-13H,1H3,(H,8,10,11)/t3-,5-,6+,7-/m0/s1. The molecule has 2 rings (SSSR count). The minimum absolute atomic E-state index is 0.128. The zero-order valence-corrected chi connectivity index (χ0v) is 7.18. The Bertz CT molecular complexity index is 276. The maximum atomic E-state index is 9.61. The maximum Gasteiger partial charge on any atom is 0.102 e. The van der Waals surface area contributed by atoms with Crippen molar-refractivity contribution in [1.82, 2.24) is 20.7 Å². The maximum absolute atomic E-state index is 9.61. The van der Waals surface area contributed by atoms with E-state index in [1.54, 1.807) is 0 Å². The number of hydrogen-bond acceptors (Lipinski definition) is 5. The van der Waals surface area contributed by atoms with Crippen molar-refractivity contribution in [3.8, 4) is 0 Å². The van der Waals surface area contributed by atoms with Crippen LogP contribution < -0.4 is 5.32 Å². The number of nitrogens with zero attached hydrogens (tertiary/aromatic N) is 2. The molecule has 1 aliphatic rings. The van der Waals surface area contributed by atoms with Crippen molar-refractivity contribution < 1.29 is 10.2 Å². The van der Waals surface area contributed by atoms with Gasteiger partial charge in [0, 0.05) is 6.04 Å². The molecule has 1 saturated heterocycles. The number of rotatable bonds is 1. The molecule has 13 heavy (non-hydrogen) atoms. The van der Waals surface area contributed by atoms with Gasteiger partial charge in [-0.2, -0.15) is 15.4 Å².